The number of hydrogen-bond acceptors (Lipinski definition) is 4. The molecule has 0 saturated carbocycles. The predicted molar refractivity (Wildman–Crippen MR) is 85.2 cm³/mol. The summed E-state index contributed by atoms with van der Waals surface area (Å²) in [6.07, 6.45) is 0. The predicted octanol–water partition coefficient (Wildman–Crippen LogP) is 3.27. The Balaban J connectivity index is 2.25. The Kier molecular flexibility index (Phi) is 4.88. The van der Waals surface area contributed by atoms with E-state index >= 15 is 0 Å². The fourth-order valence-corrected chi connectivity index (χ4v) is 2.04. The number of carbonyl (C=O) groups excluding carboxylic acids is 1. The summed E-state index contributed by atoms with van der Waals surface area (Å²) in [6.45, 7) is 1.92. The molecular formula is C17H19NO4. The average molecular weight is 301 g/mol. The third-order valence-corrected chi connectivity index (χ3v) is 3.28. The number of ether oxygens (including phenoxy) is 3. The van der Waals surface area contributed by atoms with Crippen LogP contribution in [0.4, 0.5) is 5.69 Å². The molecule has 22 heavy (non-hydrogen) atoms. The summed E-state index contributed by atoms with van der Waals surface area (Å²) < 4.78 is 15.6. The van der Waals surface area contributed by atoms with Crippen molar-refractivity contribution in [1.82, 2.24) is 0 Å². The van der Waals surface area contributed by atoms with Crippen molar-refractivity contribution in [3.63, 3.8) is 0 Å². The lowest BCUT2D eigenvalue weighted by Crippen LogP contribution is -2.12. The van der Waals surface area contributed by atoms with Gasteiger partial charge in [0, 0.05) is 29.4 Å². The largest absolute Gasteiger partial charge is 0.497 e. The van der Waals surface area contributed by atoms with Gasteiger partial charge in [0.15, 0.2) is 0 Å². The molecule has 5 heteroatoms. The fourth-order valence-electron chi connectivity index (χ4n) is 2.04. The Bertz CT molecular complexity index is 660. The second kappa shape index (κ2) is 6.85. The van der Waals surface area contributed by atoms with Gasteiger partial charge in [0.25, 0.3) is 5.91 Å². The maximum atomic E-state index is 12.3. The first-order valence-corrected chi connectivity index (χ1v) is 6.76. The van der Waals surface area contributed by atoms with Crippen LogP contribution in [0.1, 0.15) is 15.9 Å². The Morgan fingerprint density at radius 3 is 2.09 bits per heavy atom. The number of anilines is 1. The van der Waals surface area contributed by atoms with Gasteiger partial charge in [0.1, 0.15) is 17.2 Å². The maximum Gasteiger partial charge on any atom is 0.255 e. The number of hydrogen-bond donors (Lipinski definition) is 1. The molecule has 0 saturated heterocycles. The molecule has 0 atom stereocenters. The molecule has 1 amide bonds. The smallest absolute Gasteiger partial charge is 0.255 e. The molecular weight excluding hydrogens is 282 g/mol. The SMILES string of the molecule is COc1cc(NC(=O)c2ccc(C)c(OC)c2)cc(OC)c1. The summed E-state index contributed by atoms with van der Waals surface area (Å²) in [4.78, 5) is 12.3. The molecule has 0 unspecified atom stereocenters. The van der Waals surface area contributed by atoms with Crippen LogP contribution >= 0.6 is 0 Å². The van der Waals surface area contributed by atoms with Crippen LogP contribution in [-0.2, 0) is 0 Å². The van der Waals surface area contributed by atoms with Crippen LogP contribution in [-0.4, -0.2) is 27.2 Å². The van der Waals surface area contributed by atoms with E-state index in [1.165, 1.54) is 0 Å². The van der Waals surface area contributed by atoms with E-state index in [0.29, 0.717) is 28.5 Å². The van der Waals surface area contributed by atoms with Crippen molar-refractivity contribution in [2.45, 2.75) is 6.92 Å². The number of amides is 1. The highest BCUT2D eigenvalue weighted by atomic mass is 16.5. The number of carbonyl (C=O) groups is 1. The minimum Gasteiger partial charge on any atom is -0.497 e. The Labute approximate surface area is 129 Å². The van der Waals surface area contributed by atoms with Crippen LogP contribution in [0.25, 0.3) is 0 Å². The first kappa shape index (κ1) is 15.7. The van der Waals surface area contributed by atoms with Gasteiger partial charge in [-0.05, 0) is 24.6 Å². The molecule has 5 nitrogen and oxygen atoms in total. The molecule has 2 aromatic rings. The monoisotopic (exact) mass is 301 g/mol. The summed E-state index contributed by atoms with van der Waals surface area (Å²) in [7, 11) is 4.70. The van der Waals surface area contributed by atoms with E-state index in [1.807, 2.05) is 13.0 Å². The van der Waals surface area contributed by atoms with Gasteiger partial charge < -0.3 is 19.5 Å². The summed E-state index contributed by atoms with van der Waals surface area (Å²) in [6, 6.07) is 10.5. The van der Waals surface area contributed by atoms with Gasteiger partial charge in [-0.1, -0.05) is 6.07 Å². The molecule has 0 aliphatic carbocycles. The van der Waals surface area contributed by atoms with Crippen molar-refractivity contribution >= 4 is 11.6 Å². The van der Waals surface area contributed by atoms with E-state index in [4.69, 9.17) is 14.2 Å². The van der Waals surface area contributed by atoms with Crippen LogP contribution in [0, 0.1) is 6.92 Å². The highest BCUT2D eigenvalue weighted by Crippen LogP contribution is 2.26. The molecule has 1 N–H and O–H groups in total. The molecule has 0 bridgehead atoms. The number of nitrogens with one attached hydrogen (secondary N) is 1. The normalized spacial score (nSPS) is 10.0. The molecule has 2 aromatic carbocycles. The molecule has 2 rings (SSSR count). The second-order valence-electron chi connectivity index (χ2n) is 4.74. The molecule has 0 radical (unpaired) electrons. The highest BCUT2D eigenvalue weighted by Gasteiger charge is 2.10. The van der Waals surface area contributed by atoms with E-state index in [0.717, 1.165) is 5.56 Å². The highest BCUT2D eigenvalue weighted by molar-refractivity contribution is 6.04. The van der Waals surface area contributed by atoms with Crippen LogP contribution in [0.15, 0.2) is 36.4 Å². The molecule has 0 aliphatic rings. The van der Waals surface area contributed by atoms with Crippen molar-refractivity contribution in [1.29, 1.82) is 0 Å². The van der Waals surface area contributed by atoms with E-state index < -0.39 is 0 Å². The van der Waals surface area contributed by atoms with Gasteiger partial charge in [-0.3, -0.25) is 4.79 Å². The van der Waals surface area contributed by atoms with E-state index in [1.54, 1.807) is 51.7 Å². The minimum atomic E-state index is -0.228. The summed E-state index contributed by atoms with van der Waals surface area (Å²) in [5.41, 5.74) is 2.09. The van der Waals surface area contributed by atoms with Gasteiger partial charge in [-0.25, -0.2) is 0 Å². The standard InChI is InChI=1S/C17H19NO4/c1-11-5-6-12(7-16(11)22-4)17(19)18-13-8-14(20-2)10-15(9-13)21-3/h5-10H,1-4H3,(H,18,19). The lowest BCUT2D eigenvalue weighted by atomic mass is 10.1. The molecule has 0 heterocycles. The first-order chi connectivity index (χ1) is 10.6. The Morgan fingerprint density at radius 2 is 1.55 bits per heavy atom. The number of rotatable bonds is 5. The summed E-state index contributed by atoms with van der Waals surface area (Å²) >= 11 is 0. The molecule has 0 aromatic heterocycles. The first-order valence-electron chi connectivity index (χ1n) is 6.76. The average Bonchev–Trinajstić information content (AvgIpc) is 2.54. The van der Waals surface area contributed by atoms with Crippen molar-refractivity contribution in [3.05, 3.63) is 47.5 Å². The van der Waals surface area contributed by atoms with Crippen molar-refractivity contribution in [2.75, 3.05) is 26.6 Å². The molecule has 0 aliphatic heterocycles. The van der Waals surface area contributed by atoms with Gasteiger partial charge >= 0.3 is 0 Å². The molecule has 0 spiro atoms. The lowest BCUT2D eigenvalue weighted by molar-refractivity contribution is 0.102. The zero-order valence-electron chi connectivity index (χ0n) is 13.1. The van der Waals surface area contributed by atoms with Crippen LogP contribution < -0.4 is 19.5 Å². The van der Waals surface area contributed by atoms with E-state index in [2.05, 4.69) is 5.32 Å². The zero-order valence-corrected chi connectivity index (χ0v) is 13.1. The van der Waals surface area contributed by atoms with Gasteiger partial charge in [-0.2, -0.15) is 0 Å². The minimum absolute atomic E-state index is 0.228. The van der Waals surface area contributed by atoms with E-state index in [-0.39, 0.29) is 5.91 Å². The second-order valence-corrected chi connectivity index (χ2v) is 4.74. The number of aryl methyl sites for hydroxylation is 1. The van der Waals surface area contributed by atoms with Gasteiger partial charge in [-0.15, -0.1) is 0 Å². The number of methoxy groups -OCH3 is 3. The molecule has 116 valence electrons. The topological polar surface area (TPSA) is 56.8 Å². The van der Waals surface area contributed by atoms with Gasteiger partial charge in [0.05, 0.1) is 21.3 Å². The molecule has 0 fully saturated rings. The van der Waals surface area contributed by atoms with Crippen LogP contribution in [0.3, 0.4) is 0 Å². The Morgan fingerprint density at radius 1 is 0.909 bits per heavy atom. The third kappa shape index (κ3) is 3.49. The van der Waals surface area contributed by atoms with Crippen molar-refractivity contribution in [3.8, 4) is 17.2 Å². The lowest BCUT2D eigenvalue weighted by Gasteiger charge is -2.11. The summed E-state index contributed by atoms with van der Waals surface area (Å²) in [5, 5.41) is 2.82. The quantitative estimate of drug-likeness (QED) is 0.921. The fraction of sp³-hybridized carbons (Fsp3) is 0.235. The Hall–Kier alpha value is -2.69. The van der Waals surface area contributed by atoms with Crippen LogP contribution in [0.5, 0.6) is 17.2 Å². The number of benzene rings is 2. The van der Waals surface area contributed by atoms with E-state index in [9.17, 15) is 4.79 Å². The maximum absolute atomic E-state index is 12.3. The van der Waals surface area contributed by atoms with Crippen LogP contribution in [0.2, 0.25) is 0 Å². The third-order valence-electron chi connectivity index (χ3n) is 3.28. The van der Waals surface area contributed by atoms with Crippen molar-refractivity contribution < 1.29 is 19.0 Å². The zero-order chi connectivity index (χ0) is 16.1. The summed E-state index contributed by atoms with van der Waals surface area (Å²) in [5.74, 6) is 1.66. The van der Waals surface area contributed by atoms with Crippen molar-refractivity contribution in [2.24, 2.45) is 0 Å². The van der Waals surface area contributed by atoms with Gasteiger partial charge in [0.2, 0.25) is 0 Å².